The van der Waals surface area contributed by atoms with Crippen molar-refractivity contribution in [1.82, 2.24) is 10.3 Å². The van der Waals surface area contributed by atoms with Gasteiger partial charge in [0.2, 0.25) is 5.91 Å². The summed E-state index contributed by atoms with van der Waals surface area (Å²) in [5, 5.41) is 10.9. The molecule has 0 atom stereocenters. The summed E-state index contributed by atoms with van der Waals surface area (Å²) in [6.07, 6.45) is 1.64. The van der Waals surface area contributed by atoms with Gasteiger partial charge in [0.05, 0.1) is 11.4 Å². The Morgan fingerprint density at radius 2 is 1.57 bits per heavy atom. The molecule has 0 saturated heterocycles. The van der Waals surface area contributed by atoms with E-state index in [0.29, 0.717) is 16.4 Å². The van der Waals surface area contributed by atoms with Gasteiger partial charge in [-0.3, -0.25) is 14.4 Å². The third-order valence-corrected chi connectivity index (χ3v) is 8.92. The van der Waals surface area contributed by atoms with Crippen LogP contribution in [-0.2, 0) is 9.59 Å². The van der Waals surface area contributed by atoms with Crippen molar-refractivity contribution in [2.24, 2.45) is 0 Å². The van der Waals surface area contributed by atoms with Crippen LogP contribution in [0, 0.1) is 0 Å². The minimum atomic E-state index is -0.466. The van der Waals surface area contributed by atoms with E-state index < -0.39 is 5.91 Å². The average Bonchev–Trinajstić information content (AvgIpc) is 3.53. The molecule has 0 aliphatic heterocycles. The van der Waals surface area contributed by atoms with Gasteiger partial charge in [0.15, 0.2) is 5.13 Å². The lowest BCUT2D eigenvalue weighted by Crippen LogP contribution is -2.30. The van der Waals surface area contributed by atoms with Crippen LogP contribution in [0.1, 0.15) is 15.9 Å². The van der Waals surface area contributed by atoms with Crippen LogP contribution in [0.5, 0.6) is 0 Å². The number of thioether (sulfide) groups is 1. The summed E-state index contributed by atoms with van der Waals surface area (Å²) < 4.78 is 0.989. The van der Waals surface area contributed by atoms with E-state index in [1.165, 1.54) is 23.1 Å². The van der Waals surface area contributed by atoms with Gasteiger partial charge in [-0.05, 0) is 72.3 Å². The summed E-state index contributed by atoms with van der Waals surface area (Å²) in [6.45, 7) is 0. The predicted molar refractivity (Wildman–Crippen MR) is 192 cm³/mol. The largest absolute Gasteiger partial charge is 0.378 e. The Morgan fingerprint density at radius 1 is 0.870 bits per heavy atom. The molecular weight excluding hydrogens is 682 g/mol. The van der Waals surface area contributed by atoms with Crippen LogP contribution in [0.4, 0.5) is 16.5 Å². The molecule has 5 aromatic rings. The number of halogens is 1. The zero-order valence-electron chi connectivity index (χ0n) is 25.0. The van der Waals surface area contributed by atoms with Crippen LogP contribution in [0.3, 0.4) is 0 Å². The van der Waals surface area contributed by atoms with E-state index >= 15 is 0 Å². The van der Waals surface area contributed by atoms with Gasteiger partial charge in [-0.15, -0.1) is 23.1 Å². The van der Waals surface area contributed by atoms with Gasteiger partial charge in [0, 0.05) is 51.3 Å². The molecule has 0 aliphatic rings. The Kier molecular flexibility index (Phi) is 11.0. The van der Waals surface area contributed by atoms with Crippen LogP contribution in [0.15, 0.2) is 124 Å². The molecule has 8 nitrogen and oxygen atoms in total. The number of carbonyl (C=O) groups is 3. The van der Waals surface area contributed by atoms with Gasteiger partial charge in [-0.2, -0.15) is 0 Å². The Balaban J connectivity index is 1.19. The zero-order chi connectivity index (χ0) is 32.5. The van der Waals surface area contributed by atoms with Crippen molar-refractivity contribution in [3.05, 3.63) is 130 Å². The number of anilines is 3. The Bertz CT molecular complexity index is 1840. The van der Waals surface area contributed by atoms with Crippen LogP contribution in [-0.4, -0.2) is 42.6 Å². The van der Waals surface area contributed by atoms with Crippen molar-refractivity contribution in [2.45, 2.75) is 4.90 Å². The maximum absolute atomic E-state index is 13.4. The molecule has 0 unspecified atom stereocenters. The normalized spacial score (nSPS) is 11.1. The van der Waals surface area contributed by atoms with Crippen molar-refractivity contribution in [3.8, 4) is 11.3 Å². The van der Waals surface area contributed by atoms with E-state index in [0.717, 1.165) is 31.9 Å². The fourth-order valence-electron chi connectivity index (χ4n) is 4.20. The number of carbonyl (C=O) groups excluding carboxylic acids is 3. The highest BCUT2D eigenvalue weighted by Crippen LogP contribution is 2.27. The SMILES string of the molecule is CN(C)c1ccc(/C=C(\NC(=O)c2ccccc2)C(=O)Nc2ccc(SCC(=O)Nc3nc(-c4ccc(Br)cc4)cs3)cc2)cc1. The number of amides is 3. The average molecular weight is 713 g/mol. The van der Waals surface area contributed by atoms with E-state index in [4.69, 9.17) is 0 Å². The lowest BCUT2D eigenvalue weighted by molar-refractivity contribution is -0.114. The molecule has 46 heavy (non-hydrogen) atoms. The quantitative estimate of drug-likeness (QED) is 0.0956. The molecule has 1 heterocycles. The third kappa shape index (κ3) is 9.16. The standard InChI is InChI=1S/C35H30BrN5O3S2/c1-41(2)28-16-8-23(9-17-28)20-30(38-33(43)25-6-4-3-5-7-25)34(44)37-27-14-18-29(19-15-27)45-22-32(42)40-35-39-31(21-46-35)24-10-12-26(36)13-11-24/h3-21H,22H2,1-2H3,(H,37,44)(H,38,43)(H,39,40,42)/b30-20-. The van der Waals surface area contributed by atoms with Crippen LogP contribution in [0.2, 0.25) is 0 Å². The number of benzene rings is 4. The van der Waals surface area contributed by atoms with Gasteiger partial charge in [0.1, 0.15) is 5.70 Å². The first-order valence-corrected chi connectivity index (χ1v) is 16.8. The highest BCUT2D eigenvalue weighted by atomic mass is 79.9. The summed E-state index contributed by atoms with van der Waals surface area (Å²) in [4.78, 5) is 46.2. The molecule has 3 amide bonds. The Labute approximate surface area is 284 Å². The second-order valence-corrected chi connectivity index (χ2v) is 13.0. The molecule has 11 heteroatoms. The highest BCUT2D eigenvalue weighted by Gasteiger charge is 2.16. The maximum atomic E-state index is 13.4. The highest BCUT2D eigenvalue weighted by molar-refractivity contribution is 9.10. The fraction of sp³-hybridized carbons (Fsp3) is 0.0857. The van der Waals surface area contributed by atoms with E-state index in [9.17, 15) is 14.4 Å². The Morgan fingerprint density at radius 3 is 2.24 bits per heavy atom. The lowest BCUT2D eigenvalue weighted by Gasteiger charge is -2.13. The predicted octanol–water partition coefficient (Wildman–Crippen LogP) is 7.78. The summed E-state index contributed by atoms with van der Waals surface area (Å²) >= 11 is 6.18. The molecule has 3 N–H and O–H groups in total. The number of aromatic nitrogens is 1. The third-order valence-electron chi connectivity index (χ3n) is 6.62. The van der Waals surface area contributed by atoms with E-state index in [2.05, 4.69) is 36.9 Å². The van der Waals surface area contributed by atoms with Crippen LogP contribution >= 0.6 is 39.0 Å². The number of nitrogens with one attached hydrogen (secondary N) is 3. The topological polar surface area (TPSA) is 103 Å². The minimum absolute atomic E-state index is 0.104. The molecule has 4 aromatic carbocycles. The molecule has 1 aromatic heterocycles. The lowest BCUT2D eigenvalue weighted by atomic mass is 10.1. The Hall–Kier alpha value is -4.71. The van der Waals surface area contributed by atoms with Gasteiger partial charge in [-0.1, -0.05) is 58.4 Å². The van der Waals surface area contributed by atoms with Crippen molar-refractivity contribution in [1.29, 1.82) is 0 Å². The smallest absolute Gasteiger partial charge is 0.272 e. The fourth-order valence-corrected chi connectivity index (χ4v) is 5.90. The molecular formula is C35H30BrN5O3S2. The number of hydrogen-bond donors (Lipinski definition) is 3. The zero-order valence-corrected chi connectivity index (χ0v) is 28.2. The molecule has 0 aliphatic carbocycles. The number of hydrogen-bond acceptors (Lipinski definition) is 7. The molecule has 0 spiro atoms. The first-order chi connectivity index (χ1) is 22.2. The van der Waals surface area contributed by atoms with Gasteiger partial charge in [-0.25, -0.2) is 4.98 Å². The summed E-state index contributed by atoms with van der Waals surface area (Å²) in [5.41, 5.74) is 4.64. The second kappa shape index (κ2) is 15.5. The van der Waals surface area contributed by atoms with E-state index in [1.54, 1.807) is 42.5 Å². The van der Waals surface area contributed by atoms with Gasteiger partial charge in [0.25, 0.3) is 11.8 Å². The summed E-state index contributed by atoms with van der Waals surface area (Å²) in [5.74, 6) is -0.822. The van der Waals surface area contributed by atoms with Crippen molar-refractivity contribution in [2.75, 3.05) is 35.4 Å². The van der Waals surface area contributed by atoms with Gasteiger partial charge < -0.3 is 20.9 Å². The molecule has 0 saturated carbocycles. The van der Waals surface area contributed by atoms with E-state index in [-0.39, 0.29) is 23.3 Å². The van der Waals surface area contributed by atoms with Crippen molar-refractivity contribution in [3.63, 3.8) is 0 Å². The van der Waals surface area contributed by atoms with E-state index in [1.807, 2.05) is 91.1 Å². The maximum Gasteiger partial charge on any atom is 0.272 e. The van der Waals surface area contributed by atoms with Crippen molar-refractivity contribution < 1.29 is 14.4 Å². The minimum Gasteiger partial charge on any atom is -0.378 e. The number of rotatable bonds is 11. The summed E-state index contributed by atoms with van der Waals surface area (Å²) in [7, 11) is 3.90. The summed E-state index contributed by atoms with van der Waals surface area (Å²) in [6, 6.07) is 31.4. The molecule has 232 valence electrons. The molecule has 0 radical (unpaired) electrons. The monoisotopic (exact) mass is 711 g/mol. The van der Waals surface area contributed by atoms with Crippen LogP contribution < -0.4 is 20.9 Å². The number of thiazole rings is 1. The van der Waals surface area contributed by atoms with Crippen LogP contribution in [0.25, 0.3) is 17.3 Å². The first-order valence-electron chi connectivity index (χ1n) is 14.1. The first kappa shape index (κ1) is 32.7. The van der Waals surface area contributed by atoms with Crippen molar-refractivity contribution >= 4 is 79.3 Å². The molecule has 0 fully saturated rings. The molecule has 5 rings (SSSR count). The second-order valence-electron chi connectivity index (χ2n) is 10.2. The van der Waals surface area contributed by atoms with Gasteiger partial charge >= 0.3 is 0 Å². The molecule has 0 bridgehead atoms. The number of nitrogens with zero attached hydrogens (tertiary/aromatic N) is 2.